The van der Waals surface area contributed by atoms with E-state index in [1.807, 2.05) is 0 Å². The predicted molar refractivity (Wildman–Crippen MR) is 81.4 cm³/mol. The highest BCUT2D eigenvalue weighted by Gasteiger charge is 2.20. The van der Waals surface area contributed by atoms with Crippen molar-refractivity contribution in [3.63, 3.8) is 0 Å². The van der Waals surface area contributed by atoms with E-state index < -0.39 is 0 Å². The normalized spacial score (nSPS) is 14.4. The Kier molecular flexibility index (Phi) is 5.73. The molecule has 0 heterocycles. The van der Waals surface area contributed by atoms with Crippen LogP contribution in [0.2, 0.25) is 0 Å². The van der Waals surface area contributed by atoms with Gasteiger partial charge in [-0.25, -0.2) is 0 Å². The van der Waals surface area contributed by atoms with Crippen molar-refractivity contribution in [1.29, 1.82) is 0 Å². The van der Waals surface area contributed by atoms with Crippen LogP contribution in [0.1, 0.15) is 24.8 Å². The number of methoxy groups -OCH3 is 1. The highest BCUT2D eigenvalue weighted by Crippen LogP contribution is 2.28. The number of hydrogen-bond donors (Lipinski definition) is 1. The summed E-state index contributed by atoms with van der Waals surface area (Å²) in [5, 5.41) is 3.52. The Hall–Kier alpha value is -0.520. The quantitative estimate of drug-likeness (QED) is 0.608. The minimum Gasteiger partial charge on any atom is -0.469 e. The Labute approximate surface area is 126 Å². The van der Waals surface area contributed by atoms with Gasteiger partial charge in [0.1, 0.15) is 0 Å². The van der Waals surface area contributed by atoms with Crippen LogP contribution in [0.25, 0.3) is 0 Å². The number of benzene rings is 1. The largest absolute Gasteiger partial charge is 0.469 e. The van der Waals surface area contributed by atoms with Gasteiger partial charge in [-0.2, -0.15) is 0 Å². The Morgan fingerprint density at radius 2 is 2.32 bits per heavy atom. The molecule has 1 aliphatic carbocycles. The molecule has 1 aromatic carbocycles. The van der Waals surface area contributed by atoms with Crippen molar-refractivity contribution in [2.45, 2.75) is 36.7 Å². The summed E-state index contributed by atoms with van der Waals surface area (Å²) in [4.78, 5) is 12.3. The average molecular weight is 344 g/mol. The molecule has 1 aromatic rings. The number of hydrogen-bond acceptors (Lipinski definition) is 4. The van der Waals surface area contributed by atoms with Crippen molar-refractivity contribution in [2.24, 2.45) is 0 Å². The SMILES string of the molecule is COC(=O)CCSc1cc(Br)ccc1CNC1CC1. The predicted octanol–water partition coefficient (Wildman–Crippen LogP) is 3.36. The maximum absolute atomic E-state index is 11.1. The molecular formula is C14H18BrNO2S. The van der Waals surface area contributed by atoms with Crippen LogP contribution in [-0.2, 0) is 16.1 Å². The average Bonchev–Trinajstić information content (AvgIpc) is 3.21. The van der Waals surface area contributed by atoms with Crippen LogP contribution in [-0.4, -0.2) is 24.9 Å². The number of rotatable bonds is 7. The summed E-state index contributed by atoms with van der Waals surface area (Å²) in [6, 6.07) is 7.02. The van der Waals surface area contributed by atoms with E-state index in [2.05, 4.69) is 44.2 Å². The lowest BCUT2D eigenvalue weighted by Gasteiger charge is -2.10. The van der Waals surface area contributed by atoms with Gasteiger partial charge in [-0.1, -0.05) is 22.0 Å². The lowest BCUT2D eigenvalue weighted by atomic mass is 10.2. The maximum Gasteiger partial charge on any atom is 0.306 e. The first-order valence-electron chi connectivity index (χ1n) is 6.40. The zero-order valence-electron chi connectivity index (χ0n) is 10.9. The maximum atomic E-state index is 11.1. The van der Waals surface area contributed by atoms with Gasteiger partial charge < -0.3 is 10.1 Å². The first kappa shape index (κ1) is 14.9. The second-order valence-corrected chi connectivity index (χ2v) is 6.63. The molecule has 104 valence electrons. The second kappa shape index (κ2) is 7.31. The fourth-order valence-electron chi connectivity index (χ4n) is 1.70. The van der Waals surface area contributed by atoms with Gasteiger partial charge in [-0.3, -0.25) is 4.79 Å². The van der Waals surface area contributed by atoms with Crippen LogP contribution >= 0.6 is 27.7 Å². The number of nitrogens with one attached hydrogen (secondary N) is 1. The van der Waals surface area contributed by atoms with Crippen LogP contribution in [0.15, 0.2) is 27.6 Å². The van der Waals surface area contributed by atoms with Crippen LogP contribution in [0.4, 0.5) is 0 Å². The summed E-state index contributed by atoms with van der Waals surface area (Å²) in [5.41, 5.74) is 1.30. The van der Waals surface area contributed by atoms with Gasteiger partial charge in [0.2, 0.25) is 0 Å². The van der Waals surface area contributed by atoms with E-state index in [0.29, 0.717) is 12.5 Å². The van der Waals surface area contributed by atoms with Crippen molar-refractivity contribution in [3.05, 3.63) is 28.2 Å². The number of carbonyl (C=O) groups is 1. The molecule has 5 heteroatoms. The van der Waals surface area contributed by atoms with Gasteiger partial charge in [-0.15, -0.1) is 11.8 Å². The molecule has 1 aliphatic rings. The van der Waals surface area contributed by atoms with Crippen molar-refractivity contribution < 1.29 is 9.53 Å². The van der Waals surface area contributed by atoms with Crippen molar-refractivity contribution in [3.8, 4) is 0 Å². The molecule has 2 rings (SSSR count). The van der Waals surface area contributed by atoms with Gasteiger partial charge in [-0.05, 0) is 30.5 Å². The van der Waals surface area contributed by atoms with Gasteiger partial charge in [0, 0.05) is 27.7 Å². The van der Waals surface area contributed by atoms with E-state index in [4.69, 9.17) is 0 Å². The molecule has 0 amide bonds. The van der Waals surface area contributed by atoms with Gasteiger partial charge >= 0.3 is 5.97 Å². The van der Waals surface area contributed by atoms with Crippen LogP contribution in [0.5, 0.6) is 0 Å². The molecule has 19 heavy (non-hydrogen) atoms. The molecule has 0 unspecified atom stereocenters. The van der Waals surface area contributed by atoms with E-state index in [1.165, 1.54) is 30.4 Å². The van der Waals surface area contributed by atoms with E-state index in [1.54, 1.807) is 11.8 Å². The Morgan fingerprint density at radius 1 is 1.53 bits per heavy atom. The highest BCUT2D eigenvalue weighted by atomic mass is 79.9. The molecule has 0 bridgehead atoms. The Morgan fingerprint density at radius 3 is 3.00 bits per heavy atom. The Balaban J connectivity index is 1.91. The number of ether oxygens (including phenoxy) is 1. The summed E-state index contributed by atoms with van der Waals surface area (Å²) >= 11 is 5.20. The van der Waals surface area contributed by atoms with Crippen LogP contribution in [0.3, 0.4) is 0 Å². The first-order valence-corrected chi connectivity index (χ1v) is 8.18. The summed E-state index contributed by atoms with van der Waals surface area (Å²) in [5.74, 6) is 0.597. The molecule has 0 saturated heterocycles. The van der Waals surface area contributed by atoms with Crippen molar-refractivity contribution in [2.75, 3.05) is 12.9 Å². The third-order valence-corrected chi connectivity index (χ3v) is 4.57. The third-order valence-electron chi connectivity index (χ3n) is 2.98. The van der Waals surface area contributed by atoms with Crippen molar-refractivity contribution >= 4 is 33.7 Å². The van der Waals surface area contributed by atoms with E-state index in [9.17, 15) is 4.79 Å². The molecule has 3 nitrogen and oxygen atoms in total. The van der Waals surface area contributed by atoms with Gasteiger partial charge in [0.25, 0.3) is 0 Å². The number of esters is 1. The molecule has 1 fully saturated rings. The highest BCUT2D eigenvalue weighted by molar-refractivity contribution is 9.10. The fourth-order valence-corrected chi connectivity index (χ4v) is 3.23. The topological polar surface area (TPSA) is 38.3 Å². The molecule has 0 aromatic heterocycles. The summed E-state index contributed by atoms with van der Waals surface area (Å²) in [7, 11) is 1.43. The first-order chi connectivity index (χ1) is 9.19. The standard InChI is InChI=1S/C14H18BrNO2S/c1-18-14(17)6-7-19-13-8-11(15)3-2-10(13)9-16-12-4-5-12/h2-3,8,12,16H,4-7,9H2,1H3. The molecule has 1 N–H and O–H groups in total. The number of thioether (sulfide) groups is 1. The zero-order chi connectivity index (χ0) is 13.7. The van der Waals surface area contributed by atoms with E-state index >= 15 is 0 Å². The summed E-state index contributed by atoms with van der Waals surface area (Å²) in [6.07, 6.45) is 3.03. The molecule has 1 saturated carbocycles. The lowest BCUT2D eigenvalue weighted by Crippen LogP contribution is -2.15. The van der Waals surface area contributed by atoms with E-state index in [0.717, 1.165) is 16.8 Å². The molecule has 0 aliphatic heterocycles. The van der Waals surface area contributed by atoms with Crippen LogP contribution < -0.4 is 5.32 Å². The number of carbonyl (C=O) groups excluding carboxylic acids is 1. The lowest BCUT2D eigenvalue weighted by molar-refractivity contribution is -0.140. The molecule has 0 atom stereocenters. The second-order valence-electron chi connectivity index (χ2n) is 4.58. The molecule has 0 spiro atoms. The monoisotopic (exact) mass is 343 g/mol. The molecular weight excluding hydrogens is 326 g/mol. The van der Waals surface area contributed by atoms with E-state index in [-0.39, 0.29) is 5.97 Å². The zero-order valence-corrected chi connectivity index (χ0v) is 13.4. The summed E-state index contributed by atoms with van der Waals surface area (Å²) in [6.45, 7) is 0.901. The number of halogens is 1. The van der Waals surface area contributed by atoms with Gasteiger partial charge in [0.05, 0.1) is 13.5 Å². The fraction of sp³-hybridized carbons (Fsp3) is 0.500. The summed E-state index contributed by atoms with van der Waals surface area (Å²) < 4.78 is 5.73. The van der Waals surface area contributed by atoms with Crippen molar-refractivity contribution in [1.82, 2.24) is 5.32 Å². The van der Waals surface area contributed by atoms with Gasteiger partial charge in [0.15, 0.2) is 0 Å². The third kappa shape index (κ3) is 5.16. The minimum atomic E-state index is -0.153. The minimum absolute atomic E-state index is 0.153. The van der Waals surface area contributed by atoms with Crippen LogP contribution in [0, 0.1) is 0 Å². The Bertz CT molecular complexity index is 449. The smallest absolute Gasteiger partial charge is 0.306 e. The molecule has 0 radical (unpaired) electrons.